The Morgan fingerprint density at radius 1 is 1.17 bits per heavy atom. The molecule has 1 saturated heterocycles. The molecule has 4 rings (SSSR count). The average molecular weight is 326 g/mol. The summed E-state index contributed by atoms with van der Waals surface area (Å²) >= 11 is 0. The van der Waals surface area contributed by atoms with Crippen molar-refractivity contribution in [2.45, 2.75) is 31.7 Å². The molecule has 2 aromatic rings. The zero-order valence-electron chi connectivity index (χ0n) is 13.6. The quantitative estimate of drug-likeness (QED) is 0.675. The lowest BCUT2D eigenvalue weighted by Gasteiger charge is -2.33. The Labute approximate surface area is 141 Å². The molecule has 0 spiro atoms. The Morgan fingerprint density at radius 2 is 1.96 bits per heavy atom. The van der Waals surface area contributed by atoms with Crippen LogP contribution in [0.4, 0.5) is 11.5 Å². The number of nitrogens with zero attached hydrogens (tertiary/aromatic N) is 3. The summed E-state index contributed by atoms with van der Waals surface area (Å²) in [7, 11) is 0. The van der Waals surface area contributed by atoms with Crippen molar-refractivity contribution in [3.05, 3.63) is 40.4 Å². The highest BCUT2D eigenvalue weighted by Gasteiger charge is 2.24. The zero-order chi connectivity index (χ0) is 16.5. The molecule has 0 radical (unpaired) electrons. The number of nitro groups is 1. The third kappa shape index (κ3) is 3.33. The minimum absolute atomic E-state index is 0.111. The van der Waals surface area contributed by atoms with Crippen LogP contribution in [-0.4, -0.2) is 35.6 Å². The monoisotopic (exact) mass is 326 g/mol. The lowest BCUT2D eigenvalue weighted by atomic mass is 10.0. The fourth-order valence-corrected chi connectivity index (χ4v) is 3.36. The van der Waals surface area contributed by atoms with Crippen LogP contribution < -0.4 is 10.2 Å². The molecular weight excluding hydrogens is 304 g/mol. The van der Waals surface area contributed by atoms with Gasteiger partial charge in [-0.3, -0.25) is 10.1 Å². The van der Waals surface area contributed by atoms with Gasteiger partial charge in [-0.15, -0.1) is 0 Å². The lowest BCUT2D eigenvalue weighted by Crippen LogP contribution is -2.43. The van der Waals surface area contributed by atoms with Crippen LogP contribution in [-0.2, 0) is 0 Å². The van der Waals surface area contributed by atoms with Crippen molar-refractivity contribution in [2.24, 2.45) is 5.92 Å². The molecule has 2 fully saturated rings. The number of benzene rings is 1. The molecule has 0 unspecified atom stereocenters. The van der Waals surface area contributed by atoms with Gasteiger partial charge in [-0.1, -0.05) is 0 Å². The third-order valence-corrected chi connectivity index (χ3v) is 5.08. The number of anilines is 1. The zero-order valence-corrected chi connectivity index (χ0v) is 13.6. The first-order chi connectivity index (χ1) is 11.7. The van der Waals surface area contributed by atoms with Crippen LogP contribution in [0.15, 0.2) is 30.3 Å². The summed E-state index contributed by atoms with van der Waals surface area (Å²) in [5.74, 6) is 1.89. The normalized spacial score (nSPS) is 18.9. The van der Waals surface area contributed by atoms with Gasteiger partial charge in [0.2, 0.25) is 0 Å². The Kier molecular flexibility index (Phi) is 4.06. The molecule has 1 N–H and O–H groups in total. The van der Waals surface area contributed by atoms with Gasteiger partial charge in [-0.05, 0) is 56.3 Å². The first-order valence-corrected chi connectivity index (χ1v) is 8.72. The number of rotatable bonds is 5. The molecule has 0 amide bonds. The van der Waals surface area contributed by atoms with Crippen molar-refractivity contribution >= 4 is 22.4 Å². The topological polar surface area (TPSA) is 71.3 Å². The number of hydrogen-bond acceptors (Lipinski definition) is 5. The lowest BCUT2D eigenvalue weighted by molar-refractivity contribution is -0.384. The number of nitro benzene ring substituents is 1. The molecule has 126 valence electrons. The van der Waals surface area contributed by atoms with E-state index in [1.807, 2.05) is 12.1 Å². The summed E-state index contributed by atoms with van der Waals surface area (Å²) in [6.45, 7) is 3.19. The van der Waals surface area contributed by atoms with E-state index in [9.17, 15) is 10.1 Å². The second-order valence-corrected chi connectivity index (χ2v) is 6.92. The number of non-ortho nitro benzene ring substituents is 1. The molecule has 0 bridgehead atoms. The SMILES string of the molecule is O=[N+]([O-])c1ccc2nc(N3CCC(NCC4CC4)CC3)ccc2c1. The summed E-state index contributed by atoms with van der Waals surface area (Å²) in [6, 6.07) is 9.38. The molecular formula is C18H22N4O2. The number of piperidine rings is 1. The molecule has 1 saturated carbocycles. The van der Waals surface area contributed by atoms with E-state index in [-0.39, 0.29) is 10.6 Å². The number of fused-ring (bicyclic) bond motifs is 1. The molecule has 1 aliphatic heterocycles. The highest BCUT2D eigenvalue weighted by molar-refractivity contribution is 5.82. The van der Waals surface area contributed by atoms with Crippen LogP contribution in [0.2, 0.25) is 0 Å². The van der Waals surface area contributed by atoms with E-state index < -0.39 is 0 Å². The minimum atomic E-state index is -0.368. The van der Waals surface area contributed by atoms with Gasteiger partial charge >= 0.3 is 0 Å². The van der Waals surface area contributed by atoms with Gasteiger partial charge in [0.15, 0.2) is 0 Å². The Morgan fingerprint density at radius 3 is 2.67 bits per heavy atom. The van der Waals surface area contributed by atoms with Gasteiger partial charge in [0.1, 0.15) is 5.82 Å². The molecule has 2 aliphatic rings. The van der Waals surface area contributed by atoms with Gasteiger partial charge in [0.05, 0.1) is 10.4 Å². The third-order valence-electron chi connectivity index (χ3n) is 5.08. The summed E-state index contributed by atoms with van der Waals surface area (Å²) < 4.78 is 0. The van der Waals surface area contributed by atoms with Crippen molar-refractivity contribution in [1.82, 2.24) is 10.3 Å². The molecule has 1 aromatic heterocycles. The predicted molar refractivity (Wildman–Crippen MR) is 94.4 cm³/mol. The van der Waals surface area contributed by atoms with Gasteiger partial charge < -0.3 is 10.2 Å². The van der Waals surface area contributed by atoms with Gasteiger partial charge in [-0.25, -0.2) is 4.98 Å². The summed E-state index contributed by atoms with van der Waals surface area (Å²) in [5.41, 5.74) is 0.923. The average Bonchev–Trinajstić information content (AvgIpc) is 3.44. The van der Waals surface area contributed by atoms with Crippen LogP contribution in [0.3, 0.4) is 0 Å². The highest BCUT2D eigenvalue weighted by Crippen LogP contribution is 2.28. The molecule has 24 heavy (non-hydrogen) atoms. The van der Waals surface area contributed by atoms with Gasteiger partial charge in [0.25, 0.3) is 5.69 Å². The Balaban J connectivity index is 1.42. The Hall–Kier alpha value is -2.21. The first kappa shape index (κ1) is 15.3. The number of hydrogen-bond donors (Lipinski definition) is 1. The summed E-state index contributed by atoms with van der Waals surface area (Å²) in [4.78, 5) is 17.5. The molecule has 6 heteroatoms. The van der Waals surface area contributed by atoms with Crippen LogP contribution in [0.5, 0.6) is 0 Å². The smallest absolute Gasteiger partial charge is 0.270 e. The number of nitrogens with one attached hydrogen (secondary N) is 1. The van der Waals surface area contributed by atoms with Crippen molar-refractivity contribution in [3.8, 4) is 0 Å². The van der Waals surface area contributed by atoms with Crippen molar-refractivity contribution in [3.63, 3.8) is 0 Å². The summed E-state index contributed by atoms with van der Waals surface area (Å²) in [5, 5.41) is 15.4. The van der Waals surface area contributed by atoms with E-state index in [0.29, 0.717) is 6.04 Å². The summed E-state index contributed by atoms with van der Waals surface area (Å²) in [6.07, 6.45) is 5.08. The second-order valence-electron chi connectivity index (χ2n) is 6.92. The van der Waals surface area contributed by atoms with Gasteiger partial charge in [0, 0.05) is 36.7 Å². The fourth-order valence-electron chi connectivity index (χ4n) is 3.36. The maximum Gasteiger partial charge on any atom is 0.270 e. The maximum absolute atomic E-state index is 10.9. The number of pyridine rings is 1. The van der Waals surface area contributed by atoms with E-state index in [1.165, 1.54) is 25.5 Å². The Bertz CT molecular complexity index is 752. The van der Waals surface area contributed by atoms with E-state index in [0.717, 1.165) is 48.6 Å². The number of aromatic nitrogens is 1. The maximum atomic E-state index is 10.9. The first-order valence-electron chi connectivity index (χ1n) is 8.72. The van der Waals surface area contributed by atoms with Crippen molar-refractivity contribution in [2.75, 3.05) is 24.5 Å². The fraction of sp³-hybridized carbons (Fsp3) is 0.500. The van der Waals surface area contributed by atoms with E-state index in [4.69, 9.17) is 4.98 Å². The standard InChI is InChI=1S/C18H22N4O2/c23-22(24)16-4-5-17-14(11-16)3-6-18(20-17)21-9-7-15(8-10-21)19-12-13-1-2-13/h3-6,11,13,15,19H,1-2,7-10,12H2. The van der Waals surface area contributed by atoms with Crippen LogP contribution >= 0.6 is 0 Å². The largest absolute Gasteiger partial charge is 0.356 e. The second kappa shape index (κ2) is 6.36. The minimum Gasteiger partial charge on any atom is -0.356 e. The molecule has 1 aliphatic carbocycles. The van der Waals surface area contributed by atoms with Crippen LogP contribution in [0, 0.1) is 16.0 Å². The molecule has 6 nitrogen and oxygen atoms in total. The van der Waals surface area contributed by atoms with E-state index in [1.54, 1.807) is 12.1 Å². The molecule has 0 atom stereocenters. The van der Waals surface area contributed by atoms with Gasteiger partial charge in [-0.2, -0.15) is 0 Å². The van der Waals surface area contributed by atoms with E-state index >= 15 is 0 Å². The van der Waals surface area contributed by atoms with Crippen molar-refractivity contribution < 1.29 is 4.92 Å². The molecule has 2 heterocycles. The van der Waals surface area contributed by atoms with Crippen molar-refractivity contribution in [1.29, 1.82) is 0 Å². The van der Waals surface area contributed by atoms with Crippen LogP contribution in [0.25, 0.3) is 10.9 Å². The van der Waals surface area contributed by atoms with Crippen LogP contribution in [0.1, 0.15) is 25.7 Å². The van der Waals surface area contributed by atoms with E-state index in [2.05, 4.69) is 10.2 Å². The highest BCUT2D eigenvalue weighted by atomic mass is 16.6. The molecule has 1 aromatic carbocycles. The predicted octanol–water partition coefficient (Wildman–Crippen LogP) is 3.11.